The van der Waals surface area contributed by atoms with Crippen molar-refractivity contribution in [3.8, 4) is 0 Å². The van der Waals surface area contributed by atoms with E-state index in [1.54, 1.807) is 24.3 Å². The van der Waals surface area contributed by atoms with Gasteiger partial charge in [-0.3, -0.25) is 4.79 Å². The first-order valence-corrected chi connectivity index (χ1v) is 8.45. The van der Waals surface area contributed by atoms with Crippen LogP contribution < -0.4 is 10.6 Å². The van der Waals surface area contributed by atoms with Crippen LogP contribution in [0.3, 0.4) is 0 Å². The standard InChI is InChI=1S/C20H24N2O4/c1-13-8-9-17(14(2)12-13)22-19(24)15(3)26-20(25)16-6-4-5-7-18(16)21-10-11-23/h4-9,12,15,21,23H,10-11H2,1-3H3,(H,22,24)/t15-/m0/s1. The van der Waals surface area contributed by atoms with Gasteiger partial charge in [-0.05, 0) is 44.5 Å². The van der Waals surface area contributed by atoms with Gasteiger partial charge in [-0.15, -0.1) is 0 Å². The van der Waals surface area contributed by atoms with Gasteiger partial charge in [0.2, 0.25) is 0 Å². The van der Waals surface area contributed by atoms with Crippen molar-refractivity contribution < 1.29 is 19.4 Å². The summed E-state index contributed by atoms with van der Waals surface area (Å²) in [6.45, 7) is 5.67. The zero-order valence-electron chi connectivity index (χ0n) is 15.2. The first-order valence-electron chi connectivity index (χ1n) is 8.45. The first-order chi connectivity index (χ1) is 12.4. The molecule has 0 spiro atoms. The fourth-order valence-electron chi connectivity index (χ4n) is 2.47. The van der Waals surface area contributed by atoms with Gasteiger partial charge in [-0.2, -0.15) is 0 Å². The number of para-hydroxylation sites is 1. The van der Waals surface area contributed by atoms with E-state index < -0.39 is 18.0 Å². The molecule has 0 saturated heterocycles. The number of hydrogen-bond donors (Lipinski definition) is 3. The number of benzene rings is 2. The minimum atomic E-state index is -0.950. The second kappa shape index (κ2) is 9.01. The average Bonchev–Trinajstić information content (AvgIpc) is 2.62. The summed E-state index contributed by atoms with van der Waals surface area (Å²) < 4.78 is 5.30. The number of aliphatic hydroxyl groups excluding tert-OH is 1. The Balaban J connectivity index is 2.03. The summed E-state index contributed by atoms with van der Waals surface area (Å²) in [6.07, 6.45) is -0.950. The van der Waals surface area contributed by atoms with Crippen LogP contribution in [0.1, 0.15) is 28.4 Å². The van der Waals surface area contributed by atoms with Crippen LogP contribution in [0.15, 0.2) is 42.5 Å². The third kappa shape index (κ3) is 5.07. The molecular weight excluding hydrogens is 332 g/mol. The second-order valence-electron chi connectivity index (χ2n) is 6.05. The summed E-state index contributed by atoms with van der Waals surface area (Å²) in [6, 6.07) is 12.5. The molecule has 0 unspecified atom stereocenters. The van der Waals surface area contributed by atoms with Crippen molar-refractivity contribution in [3.63, 3.8) is 0 Å². The quantitative estimate of drug-likeness (QED) is 0.664. The van der Waals surface area contributed by atoms with Gasteiger partial charge < -0.3 is 20.5 Å². The molecule has 0 aliphatic carbocycles. The lowest BCUT2D eigenvalue weighted by Crippen LogP contribution is -2.30. The molecule has 0 bridgehead atoms. The Labute approximate surface area is 153 Å². The molecule has 0 fully saturated rings. The number of anilines is 2. The van der Waals surface area contributed by atoms with Crippen molar-refractivity contribution in [2.45, 2.75) is 26.9 Å². The van der Waals surface area contributed by atoms with Gasteiger partial charge in [0.15, 0.2) is 6.10 Å². The van der Waals surface area contributed by atoms with Crippen molar-refractivity contribution in [2.75, 3.05) is 23.8 Å². The monoisotopic (exact) mass is 356 g/mol. The predicted molar refractivity (Wildman–Crippen MR) is 101 cm³/mol. The highest BCUT2D eigenvalue weighted by Gasteiger charge is 2.21. The summed E-state index contributed by atoms with van der Waals surface area (Å²) in [4.78, 5) is 24.7. The van der Waals surface area contributed by atoms with Crippen LogP contribution in [0.4, 0.5) is 11.4 Å². The van der Waals surface area contributed by atoms with Gasteiger partial charge in [-0.25, -0.2) is 4.79 Å². The van der Waals surface area contributed by atoms with Crippen molar-refractivity contribution >= 4 is 23.3 Å². The topological polar surface area (TPSA) is 87.7 Å². The number of esters is 1. The number of ether oxygens (including phenoxy) is 1. The molecular formula is C20H24N2O4. The SMILES string of the molecule is Cc1ccc(NC(=O)[C@H](C)OC(=O)c2ccccc2NCCO)c(C)c1. The Bertz CT molecular complexity index is 789. The lowest BCUT2D eigenvalue weighted by Gasteiger charge is -2.16. The van der Waals surface area contributed by atoms with Gasteiger partial charge in [0, 0.05) is 17.9 Å². The molecule has 6 nitrogen and oxygen atoms in total. The second-order valence-corrected chi connectivity index (χ2v) is 6.05. The molecule has 0 saturated carbocycles. The number of aliphatic hydroxyl groups is 1. The maximum Gasteiger partial charge on any atom is 0.341 e. The van der Waals surface area contributed by atoms with E-state index in [0.29, 0.717) is 23.5 Å². The van der Waals surface area contributed by atoms with E-state index in [0.717, 1.165) is 11.1 Å². The Hall–Kier alpha value is -2.86. The molecule has 2 rings (SSSR count). The largest absolute Gasteiger partial charge is 0.449 e. The molecule has 0 aromatic heterocycles. The Morgan fingerprint density at radius 2 is 1.85 bits per heavy atom. The Morgan fingerprint density at radius 1 is 1.12 bits per heavy atom. The van der Waals surface area contributed by atoms with Crippen LogP contribution in [0.5, 0.6) is 0 Å². The normalized spacial score (nSPS) is 11.5. The first kappa shape index (κ1) is 19.5. The van der Waals surface area contributed by atoms with E-state index in [4.69, 9.17) is 9.84 Å². The molecule has 0 radical (unpaired) electrons. The fraction of sp³-hybridized carbons (Fsp3) is 0.300. The van der Waals surface area contributed by atoms with Gasteiger partial charge in [0.1, 0.15) is 0 Å². The van der Waals surface area contributed by atoms with Crippen LogP contribution in [-0.4, -0.2) is 36.2 Å². The minimum Gasteiger partial charge on any atom is -0.449 e. The minimum absolute atomic E-state index is 0.0574. The molecule has 0 aliphatic heterocycles. The van der Waals surface area contributed by atoms with Gasteiger partial charge in [-0.1, -0.05) is 29.8 Å². The summed E-state index contributed by atoms with van der Waals surface area (Å²) >= 11 is 0. The lowest BCUT2D eigenvalue weighted by molar-refractivity contribution is -0.123. The molecule has 1 amide bonds. The highest BCUT2D eigenvalue weighted by Crippen LogP contribution is 2.19. The van der Waals surface area contributed by atoms with Crippen LogP contribution in [0.2, 0.25) is 0 Å². The number of aryl methyl sites for hydroxylation is 2. The van der Waals surface area contributed by atoms with Crippen LogP contribution in [0, 0.1) is 13.8 Å². The maximum atomic E-state index is 12.4. The van der Waals surface area contributed by atoms with Crippen LogP contribution in [-0.2, 0) is 9.53 Å². The van der Waals surface area contributed by atoms with E-state index in [1.807, 2.05) is 32.0 Å². The molecule has 138 valence electrons. The summed E-state index contributed by atoms with van der Waals surface area (Å²) in [5, 5.41) is 14.6. The number of nitrogens with one attached hydrogen (secondary N) is 2. The predicted octanol–water partition coefficient (Wildman–Crippen LogP) is 2.89. The Morgan fingerprint density at radius 3 is 2.54 bits per heavy atom. The maximum absolute atomic E-state index is 12.4. The third-order valence-electron chi connectivity index (χ3n) is 3.87. The molecule has 1 atom stereocenters. The Kier molecular flexibility index (Phi) is 6.74. The van der Waals surface area contributed by atoms with Crippen molar-refractivity contribution in [2.24, 2.45) is 0 Å². The molecule has 3 N–H and O–H groups in total. The van der Waals surface area contributed by atoms with Gasteiger partial charge >= 0.3 is 5.97 Å². The summed E-state index contributed by atoms with van der Waals surface area (Å²) in [5.74, 6) is -1.000. The zero-order chi connectivity index (χ0) is 19.1. The number of amides is 1. The number of carbonyl (C=O) groups excluding carboxylic acids is 2. The van der Waals surface area contributed by atoms with E-state index in [-0.39, 0.29) is 6.61 Å². The van der Waals surface area contributed by atoms with E-state index in [9.17, 15) is 9.59 Å². The van der Waals surface area contributed by atoms with Crippen LogP contribution in [0.25, 0.3) is 0 Å². The average molecular weight is 356 g/mol. The van der Waals surface area contributed by atoms with E-state index in [1.165, 1.54) is 6.92 Å². The van der Waals surface area contributed by atoms with Crippen molar-refractivity contribution in [1.29, 1.82) is 0 Å². The fourth-order valence-corrected chi connectivity index (χ4v) is 2.47. The number of carbonyl (C=O) groups is 2. The molecule has 6 heteroatoms. The van der Waals surface area contributed by atoms with E-state index in [2.05, 4.69) is 10.6 Å². The molecule has 2 aromatic carbocycles. The van der Waals surface area contributed by atoms with Gasteiger partial charge in [0.05, 0.1) is 12.2 Å². The molecule has 26 heavy (non-hydrogen) atoms. The van der Waals surface area contributed by atoms with Gasteiger partial charge in [0.25, 0.3) is 5.91 Å². The highest BCUT2D eigenvalue weighted by atomic mass is 16.5. The zero-order valence-corrected chi connectivity index (χ0v) is 15.2. The molecule has 0 aliphatic rings. The van der Waals surface area contributed by atoms with Crippen molar-refractivity contribution in [3.05, 3.63) is 59.2 Å². The lowest BCUT2D eigenvalue weighted by atomic mass is 10.1. The molecule has 2 aromatic rings. The third-order valence-corrected chi connectivity index (χ3v) is 3.87. The summed E-state index contributed by atoms with van der Waals surface area (Å²) in [7, 11) is 0. The highest BCUT2D eigenvalue weighted by molar-refractivity contribution is 6.00. The number of rotatable bonds is 7. The van der Waals surface area contributed by atoms with Crippen LogP contribution >= 0.6 is 0 Å². The van der Waals surface area contributed by atoms with Crippen molar-refractivity contribution in [1.82, 2.24) is 0 Å². The smallest absolute Gasteiger partial charge is 0.341 e. The summed E-state index contributed by atoms with van der Waals surface area (Å²) in [5.41, 5.74) is 3.59. The molecule has 0 heterocycles. The van der Waals surface area contributed by atoms with E-state index >= 15 is 0 Å². The number of hydrogen-bond acceptors (Lipinski definition) is 5.